The molecule has 3 heteroatoms. The number of carbonyl (C=O) groups excluding carboxylic acids is 1. The van der Waals surface area contributed by atoms with Gasteiger partial charge in [0.05, 0.1) is 6.54 Å². The third kappa shape index (κ3) is 2.36. The maximum absolute atomic E-state index is 10.9. The van der Waals surface area contributed by atoms with Gasteiger partial charge >= 0.3 is 0 Å². The number of carbonyl (C=O) groups is 1. The van der Waals surface area contributed by atoms with E-state index in [0.29, 0.717) is 0 Å². The van der Waals surface area contributed by atoms with Crippen LogP contribution in [-0.4, -0.2) is 12.5 Å². The minimum Gasteiger partial charge on any atom is -0.325 e. The van der Waals surface area contributed by atoms with Gasteiger partial charge in [-0.2, -0.15) is 0 Å². The average Bonchev–Trinajstić information content (AvgIpc) is 2.04. The van der Waals surface area contributed by atoms with Crippen molar-refractivity contribution in [2.45, 2.75) is 6.92 Å². The van der Waals surface area contributed by atoms with E-state index in [4.69, 9.17) is 5.73 Å². The second kappa shape index (κ2) is 3.88. The van der Waals surface area contributed by atoms with E-state index >= 15 is 0 Å². The maximum Gasteiger partial charge on any atom is 0.238 e. The summed E-state index contributed by atoms with van der Waals surface area (Å²) in [5.41, 5.74) is 7.06. The molecule has 0 bridgehead atoms. The van der Waals surface area contributed by atoms with Crippen molar-refractivity contribution in [3.8, 4) is 0 Å². The smallest absolute Gasteiger partial charge is 0.238 e. The number of amides is 1. The van der Waals surface area contributed by atoms with E-state index in [1.165, 1.54) is 0 Å². The Morgan fingerprint density at radius 2 is 2.33 bits per heavy atom. The number of nitrogens with two attached hydrogens (primary N) is 1. The summed E-state index contributed by atoms with van der Waals surface area (Å²) < 4.78 is 0. The number of anilines is 1. The van der Waals surface area contributed by atoms with E-state index in [-0.39, 0.29) is 12.5 Å². The third-order valence-corrected chi connectivity index (χ3v) is 1.49. The predicted octanol–water partition coefficient (Wildman–Crippen LogP) is 0.892. The summed E-state index contributed by atoms with van der Waals surface area (Å²) in [6.45, 7) is 1.99. The zero-order valence-corrected chi connectivity index (χ0v) is 7.00. The Labute approximate surface area is 71.6 Å². The molecule has 64 valence electrons. The largest absolute Gasteiger partial charge is 0.325 e. The molecule has 1 rings (SSSR count). The minimum absolute atomic E-state index is 0.0218. The topological polar surface area (TPSA) is 55.1 Å². The maximum atomic E-state index is 10.9. The highest BCUT2D eigenvalue weighted by Gasteiger charge is 1.97. The Balaban J connectivity index is 2.69. The monoisotopic (exact) mass is 164 g/mol. The quantitative estimate of drug-likeness (QED) is 0.682. The number of nitrogens with one attached hydrogen (secondary N) is 1. The molecule has 1 amide bonds. The molecule has 1 aromatic rings. The number of hydrogen-bond donors (Lipinski definition) is 2. The first-order valence-corrected chi connectivity index (χ1v) is 3.79. The molecule has 0 aliphatic heterocycles. The van der Waals surface area contributed by atoms with Gasteiger partial charge in [-0.3, -0.25) is 4.79 Å². The van der Waals surface area contributed by atoms with Crippen molar-refractivity contribution in [1.29, 1.82) is 0 Å². The predicted molar refractivity (Wildman–Crippen MR) is 48.9 cm³/mol. The number of aryl methyl sites for hydroxylation is 1. The molecule has 12 heavy (non-hydrogen) atoms. The van der Waals surface area contributed by atoms with Crippen molar-refractivity contribution in [1.82, 2.24) is 0 Å². The van der Waals surface area contributed by atoms with Crippen LogP contribution in [0, 0.1) is 6.92 Å². The van der Waals surface area contributed by atoms with Gasteiger partial charge in [0.15, 0.2) is 0 Å². The molecule has 0 heterocycles. The van der Waals surface area contributed by atoms with Gasteiger partial charge in [-0.15, -0.1) is 0 Å². The van der Waals surface area contributed by atoms with Crippen LogP contribution in [0.2, 0.25) is 0 Å². The van der Waals surface area contributed by atoms with Gasteiger partial charge < -0.3 is 11.1 Å². The highest BCUT2D eigenvalue weighted by atomic mass is 16.1. The number of hydrogen-bond acceptors (Lipinski definition) is 2. The van der Waals surface area contributed by atoms with Crippen molar-refractivity contribution >= 4 is 11.6 Å². The van der Waals surface area contributed by atoms with Crippen LogP contribution in [0.1, 0.15) is 5.56 Å². The van der Waals surface area contributed by atoms with Crippen LogP contribution in [0.15, 0.2) is 24.3 Å². The van der Waals surface area contributed by atoms with Gasteiger partial charge in [-0.1, -0.05) is 12.1 Å². The summed E-state index contributed by atoms with van der Waals surface area (Å²) in [4.78, 5) is 10.9. The molecule has 0 aromatic heterocycles. The molecule has 0 unspecified atom stereocenters. The first kappa shape index (κ1) is 8.74. The summed E-state index contributed by atoms with van der Waals surface area (Å²) in [6, 6.07) is 7.59. The lowest BCUT2D eigenvalue weighted by Gasteiger charge is -2.03. The van der Waals surface area contributed by atoms with Crippen molar-refractivity contribution in [3.63, 3.8) is 0 Å². The van der Waals surface area contributed by atoms with Gasteiger partial charge in [-0.25, -0.2) is 0 Å². The zero-order chi connectivity index (χ0) is 8.97. The van der Waals surface area contributed by atoms with Gasteiger partial charge in [0.2, 0.25) is 5.91 Å². The third-order valence-electron chi connectivity index (χ3n) is 1.49. The summed E-state index contributed by atoms with van der Waals surface area (Å²) >= 11 is 0. The lowest BCUT2D eigenvalue weighted by atomic mass is 10.2. The molecule has 0 aliphatic rings. The van der Waals surface area contributed by atoms with Crippen LogP contribution < -0.4 is 11.1 Å². The fourth-order valence-corrected chi connectivity index (χ4v) is 0.935. The fraction of sp³-hybridized carbons (Fsp3) is 0.222. The molecular formula is C9H12N2O. The lowest BCUT2D eigenvalue weighted by Crippen LogP contribution is -2.21. The summed E-state index contributed by atoms with van der Waals surface area (Å²) in [7, 11) is 0. The standard InChI is InChI=1S/C9H12N2O/c1-7-3-2-4-8(5-7)11-9(12)6-10/h2-5H,6,10H2,1H3,(H,11,12). The molecule has 0 fully saturated rings. The molecule has 3 N–H and O–H groups in total. The van der Waals surface area contributed by atoms with Crippen molar-refractivity contribution in [3.05, 3.63) is 29.8 Å². The van der Waals surface area contributed by atoms with Gasteiger partial charge in [-0.05, 0) is 24.6 Å². The first-order chi connectivity index (χ1) is 5.72. The molecular weight excluding hydrogens is 152 g/mol. The van der Waals surface area contributed by atoms with Crippen LogP contribution in [0.25, 0.3) is 0 Å². The normalized spacial score (nSPS) is 9.50. The fourth-order valence-electron chi connectivity index (χ4n) is 0.935. The highest BCUT2D eigenvalue weighted by Crippen LogP contribution is 2.08. The average molecular weight is 164 g/mol. The van der Waals surface area contributed by atoms with E-state index in [1.807, 2.05) is 31.2 Å². The molecule has 0 radical (unpaired) electrons. The minimum atomic E-state index is -0.166. The van der Waals surface area contributed by atoms with Gasteiger partial charge in [0.25, 0.3) is 0 Å². The molecule has 0 spiro atoms. The van der Waals surface area contributed by atoms with E-state index < -0.39 is 0 Å². The van der Waals surface area contributed by atoms with Crippen LogP contribution >= 0.6 is 0 Å². The summed E-state index contributed by atoms with van der Waals surface area (Å²) in [6.07, 6.45) is 0. The number of benzene rings is 1. The Morgan fingerprint density at radius 3 is 2.92 bits per heavy atom. The molecule has 0 saturated carbocycles. The van der Waals surface area contributed by atoms with Crippen molar-refractivity contribution in [2.24, 2.45) is 5.73 Å². The highest BCUT2D eigenvalue weighted by molar-refractivity contribution is 5.92. The van der Waals surface area contributed by atoms with Crippen molar-refractivity contribution in [2.75, 3.05) is 11.9 Å². The Hall–Kier alpha value is -1.35. The van der Waals surface area contributed by atoms with Crippen LogP contribution in [0.5, 0.6) is 0 Å². The first-order valence-electron chi connectivity index (χ1n) is 3.79. The summed E-state index contributed by atoms with van der Waals surface area (Å²) in [5, 5.41) is 2.67. The van der Waals surface area contributed by atoms with Crippen LogP contribution in [0.3, 0.4) is 0 Å². The van der Waals surface area contributed by atoms with E-state index in [1.54, 1.807) is 0 Å². The van der Waals surface area contributed by atoms with Crippen molar-refractivity contribution < 1.29 is 4.79 Å². The van der Waals surface area contributed by atoms with Crippen LogP contribution in [-0.2, 0) is 4.79 Å². The Kier molecular flexibility index (Phi) is 2.82. The molecule has 1 aromatic carbocycles. The van der Waals surface area contributed by atoms with E-state index in [9.17, 15) is 4.79 Å². The van der Waals surface area contributed by atoms with Gasteiger partial charge in [0.1, 0.15) is 0 Å². The summed E-state index contributed by atoms with van der Waals surface area (Å²) in [5.74, 6) is -0.166. The molecule has 0 atom stereocenters. The van der Waals surface area contributed by atoms with Crippen LogP contribution in [0.4, 0.5) is 5.69 Å². The van der Waals surface area contributed by atoms with Gasteiger partial charge in [0, 0.05) is 5.69 Å². The SMILES string of the molecule is Cc1cccc(NC(=O)CN)c1. The number of rotatable bonds is 2. The second-order valence-corrected chi connectivity index (χ2v) is 2.62. The Bertz CT molecular complexity index is 284. The second-order valence-electron chi connectivity index (χ2n) is 2.62. The molecule has 3 nitrogen and oxygen atoms in total. The zero-order valence-electron chi connectivity index (χ0n) is 7.00. The molecule has 0 aliphatic carbocycles. The van der Waals surface area contributed by atoms with E-state index in [0.717, 1.165) is 11.3 Å². The van der Waals surface area contributed by atoms with E-state index in [2.05, 4.69) is 5.32 Å². The lowest BCUT2D eigenvalue weighted by molar-refractivity contribution is -0.114. The Morgan fingerprint density at radius 1 is 1.58 bits per heavy atom. The molecule has 0 saturated heterocycles.